The van der Waals surface area contributed by atoms with Gasteiger partial charge in [-0.15, -0.1) is 0 Å². The Kier molecular flexibility index (Phi) is 25.6. The van der Waals surface area contributed by atoms with Crippen molar-refractivity contribution in [2.75, 3.05) is 13.2 Å². The minimum atomic E-state index is -0.535. The van der Waals surface area contributed by atoms with Gasteiger partial charge in [0.05, 0.1) is 0 Å². The van der Waals surface area contributed by atoms with E-state index in [1.54, 1.807) is 0 Å². The van der Waals surface area contributed by atoms with Crippen molar-refractivity contribution in [2.24, 2.45) is 5.73 Å². The first-order chi connectivity index (χ1) is 16.6. The first kappa shape index (κ1) is 32.9. The molecule has 0 aliphatic heterocycles. The van der Waals surface area contributed by atoms with Crippen LogP contribution in [0, 0.1) is 0 Å². The van der Waals surface area contributed by atoms with Crippen molar-refractivity contribution in [2.45, 2.75) is 161 Å². The fourth-order valence-corrected chi connectivity index (χ4v) is 4.17. The molecule has 1 unspecified atom stereocenters. The minimum Gasteiger partial charge on any atom is -0.462 e. The van der Waals surface area contributed by atoms with Gasteiger partial charge in [0.1, 0.15) is 12.7 Å². The first-order valence-electron chi connectivity index (χ1n) is 14.7. The molecule has 0 heterocycles. The van der Waals surface area contributed by atoms with Crippen LogP contribution in [0.25, 0.3) is 0 Å². The van der Waals surface area contributed by atoms with Gasteiger partial charge in [-0.25, -0.2) is 0 Å². The Bertz CT molecular complexity index is 455. The normalized spacial score (nSPS) is 12.0. The summed E-state index contributed by atoms with van der Waals surface area (Å²) in [6.07, 6.45) is 25.0. The van der Waals surface area contributed by atoms with Gasteiger partial charge >= 0.3 is 11.9 Å². The lowest BCUT2D eigenvalue weighted by Crippen LogP contribution is -2.32. The van der Waals surface area contributed by atoms with E-state index in [1.165, 1.54) is 103 Å². The third-order valence-corrected chi connectivity index (χ3v) is 6.46. The number of carbonyl (C=O) groups is 2. The predicted octanol–water partition coefficient (Wildman–Crippen LogP) is 8.02. The van der Waals surface area contributed by atoms with Crippen LogP contribution in [0.4, 0.5) is 0 Å². The second-order valence-corrected chi connectivity index (χ2v) is 9.89. The summed E-state index contributed by atoms with van der Waals surface area (Å²) in [6.45, 7) is 4.73. The van der Waals surface area contributed by atoms with E-state index in [0.717, 1.165) is 25.7 Å². The summed E-state index contributed by atoms with van der Waals surface area (Å²) < 4.78 is 10.7. The summed E-state index contributed by atoms with van der Waals surface area (Å²) in [5.41, 5.74) is 5.70. The molecule has 0 fully saturated rings. The van der Waals surface area contributed by atoms with Crippen LogP contribution in [0.3, 0.4) is 0 Å². The number of ether oxygens (including phenoxy) is 2. The quantitative estimate of drug-likeness (QED) is 0.0995. The van der Waals surface area contributed by atoms with Crippen molar-refractivity contribution in [1.82, 2.24) is 0 Å². The maximum Gasteiger partial charge on any atom is 0.306 e. The van der Waals surface area contributed by atoms with Crippen molar-refractivity contribution in [3.05, 3.63) is 0 Å². The zero-order valence-corrected chi connectivity index (χ0v) is 22.8. The van der Waals surface area contributed by atoms with Crippen LogP contribution in [0.15, 0.2) is 0 Å². The van der Waals surface area contributed by atoms with Crippen LogP contribution in [0.1, 0.15) is 155 Å². The van der Waals surface area contributed by atoms with Crippen LogP contribution in [0.5, 0.6) is 0 Å². The molecule has 0 rings (SSSR count). The smallest absolute Gasteiger partial charge is 0.306 e. The van der Waals surface area contributed by atoms with Gasteiger partial charge in [-0.05, 0) is 12.8 Å². The molecule has 0 bridgehead atoms. The zero-order chi connectivity index (χ0) is 25.1. The van der Waals surface area contributed by atoms with Crippen LogP contribution < -0.4 is 5.73 Å². The highest BCUT2D eigenvalue weighted by Crippen LogP contribution is 2.13. The lowest BCUT2D eigenvalue weighted by Gasteiger charge is -2.16. The highest BCUT2D eigenvalue weighted by atomic mass is 16.6. The maximum absolute atomic E-state index is 12.1. The Hall–Kier alpha value is -1.10. The third-order valence-electron chi connectivity index (χ3n) is 6.46. The van der Waals surface area contributed by atoms with Gasteiger partial charge in [-0.1, -0.05) is 129 Å². The lowest BCUT2D eigenvalue weighted by atomic mass is 10.1. The Morgan fingerprint density at radius 2 is 0.912 bits per heavy atom. The number of rotatable bonds is 26. The second-order valence-electron chi connectivity index (χ2n) is 9.89. The maximum atomic E-state index is 12.1. The molecule has 0 saturated carbocycles. The molecular formula is C29H57NO4. The van der Waals surface area contributed by atoms with Gasteiger partial charge in [-0.2, -0.15) is 0 Å². The monoisotopic (exact) mass is 483 g/mol. The highest BCUT2D eigenvalue weighted by molar-refractivity contribution is 5.70. The SMILES string of the molecule is CCCCCCCCCCCCCC(=O)OC(CN)COC(=O)CCCCCCCCCCC. The Morgan fingerprint density at radius 1 is 0.559 bits per heavy atom. The van der Waals surface area contributed by atoms with Gasteiger partial charge < -0.3 is 15.2 Å². The largest absolute Gasteiger partial charge is 0.462 e. The third kappa shape index (κ3) is 24.0. The summed E-state index contributed by atoms with van der Waals surface area (Å²) in [4.78, 5) is 24.0. The number of carbonyl (C=O) groups excluding carboxylic acids is 2. The van der Waals surface area contributed by atoms with Gasteiger partial charge in [-0.3, -0.25) is 9.59 Å². The van der Waals surface area contributed by atoms with Gasteiger partial charge in [0, 0.05) is 19.4 Å². The van der Waals surface area contributed by atoms with Gasteiger partial charge in [0.15, 0.2) is 0 Å². The Balaban J connectivity index is 3.59. The molecule has 0 aliphatic carbocycles. The molecule has 2 N–H and O–H groups in total. The van der Waals surface area contributed by atoms with Crippen LogP contribution >= 0.6 is 0 Å². The Morgan fingerprint density at radius 3 is 1.29 bits per heavy atom. The zero-order valence-electron chi connectivity index (χ0n) is 22.8. The van der Waals surface area contributed by atoms with E-state index in [4.69, 9.17) is 15.2 Å². The first-order valence-corrected chi connectivity index (χ1v) is 14.7. The van der Waals surface area contributed by atoms with E-state index in [0.29, 0.717) is 12.8 Å². The predicted molar refractivity (Wildman–Crippen MR) is 143 cm³/mol. The highest BCUT2D eigenvalue weighted by Gasteiger charge is 2.15. The molecular weight excluding hydrogens is 426 g/mol. The standard InChI is InChI=1S/C29H57NO4/c1-3-5-7-9-11-13-14-16-18-20-22-24-29(32)34-27(25-30)26-33-28(31)23-21-19-17-15-12-10-8-6-4-2/h27H,3-26,30H2,1-2H3. The van der Waals surface area contributed by atoms with E-state index in [-0.39, 0.29) is 25.1 Å². The number of unbranched alkanes of at least 4 members (excludes halogenated alkanes) is 18. The topological polar surface area (TPSA) is 78.6 Å². The summed E-state index contributed by atoms with van der Waals surface area (Å²) in [6, 6.07) is 0. The molecule has 0 aromatic heterocycles. The fraction of sp³-hybridized carbons (Fsp3) is 0.931. The lowest BCUT2D eigenvalue weighted by molar-refractivity contribution is -0.158. The molecule has 0 spiro atoms. The van der Waals surface area contributed by atoms with E-state index >= 15 is 0 Å². The van der Waals surface area contributed by atoms with Gasteiger partial charge in [0.2, 0.25) is 0 Å². The van der Waals surface area contributed by atoms with Crippen molar-refractivity contribution in [3.8, 4) is 0 Å². The second kappa shape index (κ2) is 26.5. The van der Waals surface area contributed by atoms with Crippen molar-refractivity contribution < 1.29 is 19.1 Å². The van der Waals surface area contributed by atoms with Crippen molar-refractivity contribution >= 4 is 11.9 Å². The molecule has 0 amide bonds. The summed E-state index contributed by atoms with van der Waals surface area (Å²) >= 11 is 0. The molecule has 0 saturated heterocycles. The van der Waals surface area contributed by atoms with Gasteiger partial charge in [0.25, 0.3) is 0 Å². The molecule has 5 heteroatoms. The molecule has 34 heavy (non-hydrogen) atoms. The molecule has 0 aliphatic rings. The molecule has 0 aromatic rings. The molecule has 1 atom stereocenters. The molecule has 0 radical (unpaired) electrons. The van der Waals surface area contributed by atoms with E-state index in [1.807, 2.05) is 0 Å². The Labute approximate surface area is 211 Å². The van der Waals surface area contributed by atoms with Crippen molar-refractivity contribution in [3.63, 3.8) is 0 Å². The average Bonchev–Trinajstić information content (AvgIpc) is 2.84. The number of esters is 2. The van der Waals surface area contributed by atoms with Crippen LogP contribution in [-0.2, 0) is 19.1 Å². The van der Waals surface area contributed by atoms with E-state index < -0.39 is 6.10 Å². The summed E-state index contributed by atoms with van der Waals surface area (Å²) in [7, 11) is 0. The number of hydrogen-bond donors (Lipinski definition) is 1. The fourth-order valence-electron chi connectivity index (χ4n) is 4.17. The number of nitrogens with two attached hydrogens (primary N) is 1. The van der Waals surface area contributed by atoms with Crippen LogP contribution in [0.2, 0.25) is 0 Å². The van der Waals surface area contributed by atoms with Crippen LogP contribution in [-0.4, -0.2) is 31.2 Å². The van der Waals surface area contributed by atoms with Crippen molar-refractivity contribution in [1.29, 1.82) is 0 Å². The summed E-state index contributed by atoms with van der Waals surface area (Å²) in [5, 5.41) is 0. The van der Waals surface area contributed by atoms with E-state index in [2.05, 4.69) is 13.8 Å². The molecule has 202 valence electrons. The average molecular weight is 484 g/mol. The molecule has 0 aromatic carbocycles. The summed E-state index contributed by atoms with van der Waals surface area (Å²) in [5.74, 6) is -0.454. The minimum absolute atomic E-state index is 0.0662. The number of hydrogen-bond acceptors (Lipinski definition) is 5. The van der Waals surface area contributed by atoms with E-state index in [9.17, 15) is 9.59 Å². The molecule has 5 nitrogen and oxygen atoms in total.